The summed E-state index contributed by atoms with van der Waals surface area (Å²) < 4.78 is 10.1. The summed E-state index contributed by atoms with van der Waals surface area (Å²) in [7, 11) is 0. The molecule has 176 valence electrons. The molecule has 0 saturated heterocycles. The summed E-state index contributed by atoms with van der Waals surface area (Å²) in [5.41, 5.74) is 4.27. The topological polar surface area (TPSA) is 76.7 Å². The van der Waals surface area contributed by atoms with Gasteiger partial charge in [0.25, 0.3) is 0 Å². The predicted molar refractivity (Wildman–Crippen MR) is 132 cm³/mol. The highest BCUT2D eigenvalue weighted by molar-refractivity contribution is 5.71. The largest absolute Gasteiger partial charge is 0.412 e. The lowest BCUT2D eigenvalue weighted by atomic mass is 9.92. The Labute approximate surface area is 196 Å². The van der Waals surface area contributed by atoms with E-state index in [1.54, 1.807) is 0 Å². The van der Waals surface area contributed by atoms with E-state index in [0.717, 1.165) is 33.4 Å². The monoisotopic (exact) mass is 450 g/mol. The fourth-order valence-electron chi connectivity index (χ4n) is 3.21. The van der Waals surface area contributed by atoms with Crippen LogP contribution in [0.3, 0.4) is 0 Å². The molecule has 0 heterocycles. The second kappa shape index (κ2) is 10.4. The average Bonchev–Trinajstić information content (AvgIpc) is 2.73. The number of hydrogen-bond acceptors (Lipinski definition) is 4. The van der Waals surface area contributed by atoms with Gasteiger partial charge in [-0.05, 0) is 75.9 Å². The normalized spacial score (nSPS) is 11.3. The van der Waals surface area contributed by atoms with Crippen molar-refractivity contribution in [2.24, 2.45) is 0 Å². The van der Waals surface area contributed by atoms with E-state index < -0.39 is 30.1 Å². The predicted octanol–water partition coefficient (Wildman–Crippen LogP) is 6.33. The molecule has 0 aromatic heterocycles. The maximum absolute atomic E-state index is 12.3. The number of carbonyl (C=O) groups is 2. The molecule has 6 heteroatoms. The van der Waals surface area contributed by atoms with Crippen molar-refractivity contribution in [3.8, 4) is 0 Å². The maximum Gasteiger partial charge on any atom is 0.410 e. The molecule has 2 aromatic rings. The van der Waals surface area contributed by atoms with E-state index >= 15 is 0 Å². The van der Waals surface area contributed by atoms with E-state index in [0.29, 0.717) is 0 Å². The molecule has 0 saturated carbocycles. The molecular weight excluding hydrogens is 416 g/mol. The molecule has 0 atom stereocenters. The van der Waals surface area contributed by atoms with Crippen molar-refractivity contribution in [3.63, 3.8) is 0 Å². The van der Waals surface area contributed by atoms with Crippen molar-refractivity contribution in [1.82, 2.24) is 10.6 Å². The standard InChI is InChI=1S/C27H34N2O4/c1-18(2)20-11-9-13-22(15-20)26(5,6)28-24(30)32-17-33-25(31)29-27(7,8)23-14-10-12-21(16-23)19(3)4/h9-16H,1,3,17H2,2,4-8H3,(H,28,30)(H,29,31). The number of amides is 2. The summed E-state index contributed by atoms with van der Waals surface area (Å²) in [5, 5.41) is 5.59. The number of rotatable bonds is 8. The molecule has 0 aliphatic heterocycles. The molecular formula is C27H34N2O4. The molecule has 2 rings (SSSR count). The molecule has 2 amide bonds. The number of alkyl carbamates (subject to hydrolysis) is 2. The summed E-state index contributed by atoms with van der Waals surface area (Å²) in [4.78, 5) is 24.5. The number of nitrogens with one attached hydrogen (secondary N) is 2. The first kappa shape index (κ1) is 25.7. The number of hydrogen-bond donors (Lipinski definition) is 2. The van der Waals surface area contributed by atoms with Crippen molar-refractivity contribution < 1.29 is 19.1 Å². The van der Waals surface area contributed by atoms with Gasteiger partial charge in [0.15, 0.2) is 0 Å². The van der Waals surface area contributed by atoms with Crippen LogP contribution in [0.25, 0.3) is 11.1 Å². The quantitative estimate of drug-likeness (QED) is 0.461. The minimum absolute atomic E-state index is 0.512. The Morgan fingerprint density at radius 2 is 1.12 bits per heavy atom. The van der Waals surface area contributed by atoms with Crippen LogP contribution in [0.2, 0.25) is 0 Å². The van der Waals surface area contributed by atoms with Crippen LogP contribution < -0.4 is 10.6 Å². The third kappa shape index (κ3) is 7.24. The zero-order valence-electron chi connectivity index (χ0n) is 20.4. The zero-order chi connectivity index (χ0) is 24.8. The third-order valence-electron chi connectivity index (χ3n) is 5.36. The second-order valence-corrected chi connectivity index (χ2v) is 9.20. The van der Waals surface area contributed by atoms with Gasteiger partial charge in [-0.3, -0.25) is 0 Å². The van der Waals surface area contributed by atoms with Crippen LogP contribution in [0.15, 0.2) is 61.7 Å². The zero-order valence-corrected chi connectivity index (χ0v) is 20.4. The highest BCUT2D eigenvalue weighted by Crippen LogP contribution is 2.25. The van der Waals surface area contributed by atoms with Gasteiger partial charge in [0, 0.05) is 0 Å². The Hall–Kier alpha value is -3.54. The van der Waals surface area contributed by atoms with Gasteiger partial charge in [0.2, 0.25) is 6.79 Å². The molecule has 0 aliphatic carbocycles. The molecule has 0 bridgehead atoms. The Morgan fingerprint density at radius 3 is 1.45 bits per heavy atom. The van der Waals surface area contributed by atoms with Gasteiger partial charge in [-0.1, -0.05) is 60.7 Å². The summed E-state index contributed by atoms with van der Waals surface area (Å²) >= 11 is 0. The number of carbonyl (C=O) groups excluding carboxylic acids is 2. The van der Waals surface area contributed by atoms with Crippen LogP contribution >= 0.6 is 0 Å². The Morgan fingerprint density at radius 1 is 0.758 bits per heavy atom. The molecule has 2 aromatic carbocycles. The van der Waals surface area contributed by atoms with Gasteiger partial charge in [0.05, 0.1) is 11.1 Å². The van der Waals surface area contributed by atoms with E-state index in [9.17, 15) is 9.59 Å². The summed E-state index contributed by atoms with van der Waals surface area (Å²) in [5.74, 6) is 0. The van der Waals surface area contributed by atoms with Crippen LogP contribution in [0.1, 0.15) is 63.8 Å². The van der Waals surface area contributed by atoms with Gasteiger partial charge in [-0.2, -0.15) is 0 Å². The van der Waals surface area contributed by atoms with Gasteiger partial charge in [-0.25, -0.2) is 9.59 Å². The van der Waals surface area contributed by atoms with Gasteiger partial charge in [-0.15, -0.1) is 0 Å². The van der Waals surface area contributed by atoms with Crippen LogP contribution in [0, 0.1) is 0 Å². The number of allylic oxidation sites excluding steroid dienone is 2. The fourth-order valence-corrected chi connectivity index (χ4v) is 3.21. The summed E-state index contributed by atoms with van der Waals surface area (Å²) in [6.07, 6.45) is -1.39. The lowest BCUT2D eigenvalue weighted by molar-refractivity contribution is 0.0185. The van der Waals surface area contributed by atoms with Crippen molar-refractivity contribution in [3.05, 3.63) is 83.9 Å². The van der Waals surface area contributed by atoms with Crippen LogP contribution in [-0.2, 0) is 20.6 Å². The first-order valence-electron chi connectivity index (χ1n) is 10.7. The number of ether oxygens (including phenoxy) is 2. The van der Waals surface area contributed by atoms with Crippen molar-refractivity contribution >= 4 is 23.3 Å². The van der Waals surface area contributed by atoms with Crippen LogP contribution in [0.5, 0.6) is 0 Å². The smallest absolute Gasteiger partial charge is 0.410 e. The molecule has 0 unspecified atom stereocenters. The SMILES string of the molecule is C=C(C)c1cccc(C(C)(C)NC(=O)OCOC(=O)NC(C)(C)c2cccc(C(=C)C)c2)c1. The molecule has 0 fully saturated rings. The van der Waals surface area contributed by atoms with Crippen LogP contribution in [-0.4, -0.2) is 19.0 Å². The lowest BCUT2D eigenvalue weighted by Gasteiger charge is -2.28. The lowest BCUT2D eigenvalue weighted by Crippen LogP contribution is -2.43. The minimum atomic E-state index is -0.693. The average molecular weight is 451 g/mol. The highest BCUT2D eigenvalue weighted by Gasteiger charge is 2.26. The molecule has 6 nitrogen and oxygen atoms in total. The first-order chi connectivity index (χ1) is 15.3. The summed E-state index contributed by atoms with van der Waals surface area (Å²) in [6, 6.07) is 15.5. The van der Waals surface area contributed by atoms with Gasteiger partial charge >= 0.3 is 12.2 Å². The van der Waals surface area contributed by atoms with Crippen LogP contribution in [0.4, 0.5) is 9.59 Å². The molecule has 0 spiro atoms. The second-order valence-electron chi connectivity index (χ2n) is 9.20. The van der Waals surface area contributed by atoms with Crippen molar-refractivity contribution in [1.29, 1.82) is 0 Å². The van der Waals surface area contributed by atoms with Crippen molar-refractivity contribution in [2.75, 3.05) is 6.79 Å². The third-order valence-corrected chi connectivity index (χ3v) is 5.36. The molecule has 33 heavy (non-hydrogen) atoms. The van der Waals surface area contributed by atoms with E-state index in [4.69, 9.17) is 9.47 Å². The molecule has 0 radical (unpaired) electrons. The Balaban J connectivity index is 1.89. The van der Waals surface area contributed by atoms with Gasteiger partial charge in [0.1, 0.15) is 0 Å². The van der Waals surface area contributed by atoms with E-state index in [1.165, 1.54) is 0 Å². The van der Waals surface area contributed by atoms with Crippen molar-refractivity contribution in [2.45, 2.75) is 52.6 Å². The first-order valence-corrected chi connectivity index (χ1v) is 10.7. The molecule has 2 N–H and O–H groups in total. The maximum atomic E-state index is 12.3. The van der Waals surface area contributed by atoms with Gasteiger partial charge < -0.3 is 20.1 Å². The molecule has 0 aliphatic rings. The summed E-state index contributed by atoms with van der Waals surface area (Å²) in [6.45, 7) is 18.7. The van der Waals surface area contributed by atoms with E-state index in [2.05, 4.69) is 23.8 Å². The minimum Gasteiger partial charge on any atom is -0.412 e. The number of benzene rings is 2. The Bertz CT molecular complexity index is 970. The fraction of sp³-hybridized carbons (Fsp3) is 0.333. The van der Waals surface area contributed by atoms with E-state index in [1.807, 2.05) is 90.1 Å². The van der Waals surface area contributed by atoms with E-state index in [-0.39, 0.29) is 0 Å². The Kier molecular flexibility index (Phi) is 8.09. The highest BCUT2D eigenvalue weighted by atomic mass is 16.7.